The summed E-state index contributed by atoms with van der Waals surface area (Å²) >= 11 is 7.58. The number of hydrogen-bond donors (Lipinski definition) is 1. The van der Waals surface area contributed by atoms with Crippen molar-refractivity contribution in [2.75, 3.05) is 38.0 Å². The van der Waals surface area contributed by atoms with Crippen molar-refractivity contribution in [3.8, 4) is 11.3 Å². The Balaban J connectivity index is 1.25. The van der Waals surface area contributed by atoms with E-state index in [0.717, 1.165) is 43.0 Å². The molecule has 5 nitrogen and oxygen atoms in total. The number of piperazine rings is 1. The van der Waals surface area contributed by atoms with Crippen LogP contribution in [0.25, 0.3) is 11.3 Å². The molecule has 0 spiro atoms. The first-order chi connectivity index (χ1) is 15.4. The third-order valence-corrected chi connectivity index (χ3v) is 6.90. The number of amides is 1. The topological polar surface area (TPSA) is 48.5 Å². The number of nitrogens with zero attached hydrogens (tertiary/aromatic N) is 3. The second kappa shape index (κ2) is 10.1. The first-order valence-electron chi connectivity index (χ1n) is 10.6. The smallest absolute Gasteiger partial charge is 0.240 e. The Labute approximate surface area is 196 Å². The number of halogens is 2. The summed E-state index contributed by atoms with van der Waals surface area (Å²) in [6.07, 6.45) is 0. The van der Waals surface area contributed by atoms with Crippen LogP contribution in [-0.4, -0.2) is 53.4 Å². The highest BCUT2D eigenvalue weighted by Crippen LogP contribution is 2.26. The van der Waals surface area contributed by atoms with E-state index in [0.29, 0.717) is 23.2 Å². The molecule has 1 aliphatic heterocycles. The molecule has 0 bridgehead atoms. The molecule has 1 aromatic heterocycles. The molecule has 0 saturated carbocycles. The van der Waals surface area contributed by atoms with Gasteiger partial charge in [0.15, 0.2) is 5.13 Å². The van der Waals surface area contributed by atoms with Crippen LogP contribution >= 0.6 is 22.9 Å². The molecule has 8 heteroatoms. The highest BCUT2D eigenvalue weighted by molar-refractivity contribution is 7.14. The first-order valence-corrected chi connectivity index (χ1v) is 11.8. The van der Waals surface area contributed by atoms with Crippen molar-refractivity contribution >= 4 is 34.0 Å². The molecule has 32 heavy (non-hydrogen) atoms. The van der Waals surface area contributed by atoms with E-state index in [9.17, 15) is 9.18 Å². The number of anilines is 1. The van der Waals surface area contributed by atoms with Crippen LogP contribution in [0.2, 0.25) is 5.02 Å². The number of carbonyl (C=O) groups excluding carboxylic acids is 1. The van der Waals surface area contributed by atoms with Crippen LogP contribution in [-0.2, 0) is 11.3 Å². The number of benzene rings is 2. The maximum absolute atomic E-state index is 13.2. The summed E-state index contributed by atoms with van der Waals surface area (Å²) in [4.78, 5) is 21.5. The van der Waals surface area contributed by atoms with Gasteiger partial charge in [-0.1, -0.05) is 29.8 Å². The number of hydrogen-bond acceptors (Lipinski definition) is 5. The Morgan fingerprint density at radius 3 is 2.56 bits per heavy atom. The molecule has 168 valence electrons. The van der Waals surface area contributed by atoms with E-state index in [2.05, 4.69) is 52.1 Å². The van der Waals surface area contributed by atoms with Gasteiger partial charge in [-0.2, -0.15) is 0 Å². The summed E-state index contributed by atoms with van der Waals surface area (Å²) in [7, 11) is 0. The molecule has 4 rings (SSSR count). The van der Waals surface area contributed by atoms with Crippen molar-refractivity contribution in [1.29, 1.82) is 0 Å². The minimum absolute atomic E-state index is 0.0546. The largest absolute Gasteiger partial charge is 0.301 e. The summed E-state index contributed by atoms with van der Waals surface area (Å²) in [6, 6.07) is 10.8. The van der Waals surface area contributed by atoms with Crippen LogP contribution in [0.15, 0.2) is 41.8 Å². The predicted octanol–water partition coefficient (Wildman–Crippen LogP) is 4.98. The molecule has 1 aliphatic rings. The van der Waals surface area contributed by atoms with Crippen molar-refractivity contribution in [2.24, 2.45) is 0 Å². The molecule has 0 atom stereocenters. The lowest BCUT2D eigenvalue weighted by Gasteiger charge is -2.34. The van der Waals surface area contributed by atoms with Gasteiger partial charge in [0.2, 0.25) is 5.91 Å². The van der Waals surface area contributed by atoms with E-state index in [-0.39, 0.29) is 11.7 Å². The van der Waals surface area contributed by atoms with Crippen molar-refractivity contribution < 1.29 is 9.18 Å². The molecule has 1 amide bonds. The Morgan fingerprint density at radius 2 is 1.84 bits per heavy atom. The number of thiazole rings is 1. The van der Waals surface area contributed by atoms with Gasteiger partial charge in [0.05, 0.1) is 12.2 Å². The number of rotatable bonds is 6. The zero-order valence-corrected chi connectivity index (χ0v) is 19.8. The van der Waals surface area contributed by atoms with Crippen molar-refractivity contribution in [1.82, 2.24) is 14.8 Å². The molecule has 1 saturated heterocycles. The lowest BCUT2D eigenvalue weighted by atomic mass is 10.1. The Bertz CT molecular complexity index is 1110. The molecule has 2 heterocycles. The minimum Gasteiger partial charge on any atom is -0.301 e. The average Bonchev–Trinajstić information content (AvgIpc) is 3.21. The van der Waals surface area contributed by atoms with E-state index < -0.39 is 0 Å². The zero-order chi connectivity index (χ0) is 22.7. The number of carbonyl (C=O) groups is 1. The Hall–Kier alpha value is -2.32. The standard InChI is InChI=1S/C24H26ClFN4OS/c1-16-3-4-18(11-17(16)2)22-15-32-24(27-22)28-23(31)14-30-9-7-29(8-10-30)13-19-5-6-20(26)12-21(19)25/h3-6,11-12,15H,7-10,13-14H2,1-2H3,(H,27,28,31). The lowest BCUT2D eigenvalue weighted by Crippen LogP contribution is -2.48. The van der Waals surface area contributed by atoms with Crippen molar-refractivity contribution in [2.45, 2.75) is 20.4 Å². The second-order valence-corrected chi connectivity index (χ2v) is 9.44. The quantitative estimate of drug-likeness (QED) is 0.550. The van der Waals surface area contributed by atoms with Crippen LogP contribution in [0.4, 0.5) is 9.52 Å². The fourth-order valence-corrected chi connectivity index (χ4v) is 4.69. The fraction of sp³-hybridized carbons (Fsp3) is 0.333. The Morgan fingerprint density at radius 1 is 1.09 bits per heavy atom. The van der Waals surface area contributed by atoms with Gasteiger partial charge in [0.1, 0.15) is 5.82 Å². The van der Waals surface area contributed by atoms with E-state index in [1.807, 2.05) is 5.38 Å². The number of nitrogens with one attached hydrogen (secondary N) is 1. The second-order valence-electron chi connectivity index (χ2n) is 8.17. The fourth-order valence-electron chi connectivity index (χ4n) is 3.72. The summed E-state index contributed by atoms with van der Waals surface area (Å²) in [5, 5.41) is 5.97. The molecule has 2 aromatic carbocycles. The van der Waals surface area contributed by atoms with Crippen LogP contribution in [0.5, 0.6) is 0 Å². The molecular formula is C24H26ClFN4OS. The van der Waals surface area contributed by atoms with Crippen LogP contribution in [0.3, 0.4) is 0 Å². The van der Waals surface area contributed by atoms with Crippen molar-refractivity contribution in [3.63, 3.8) is 0 Å². The lowest BCUT2D eigenvalue weighted by molar-refractivity contribution is -0.117. The van der Waals surface area contributed by atoms with Gasteiger partial charge in [-0.3, -0.25) is 14.6 Å². The van der Waals surface area contributed by atoms with E-state index in [1.54, 1.807) is 6.07 Å². The summed E-state index contributed by atoms with van der Waals surface area (Å²) in [6.45, 7) is 8.43. The molecule has 3 aromatic rings. The molecule has 1 N–H and O–H groups in total. The van der Waals surface area contributed by atoms with Crippen LogP contribution in [0.1, 0.15) is 16.7 Å². The summed E-state index contributed by atoms with van der Waals surface area (Å²) in [5.41, 5.74) is 5.33. The number of aromatic nitrogens is 1. The van der Waals surface area contributed by atoms with Gasteiger partial charge >= 0.3 is 0 Å². The monoisotopic (exact) mass is 472 g/mol. The molecule has 0 unspecified atom stereocenters. The van der Waals surface area contributed by atoms with E-state index in [4.69, 9.17) is 11.6 Å². The van der Waals surface area contributed by atoms with Gasteiger partial charge in [-0.05, 0) is 48.7 Å². The molecule has 1 fully saturated rings. The zero-order valence-electron chi connectivity index (χ0n) is 18.2. The van der Waals surface area contributed by atoms with Crippen LogP contribution in [0, 0.1) is 19.7 Å². The molecule has 0 radical (unpaired) electrons. The molecular weight excluding hydrogens is 447 g/mol. The van der Waals surface area contributed by atoms with Gasteiger partial charge in [-0.25, -0.2) is 9.37 Å². The third kappa shape index (κ3) is 5.72. The minimum atomic E-state index is -0.323. The highest BCUT2D eigenvalue weighted by atomic mass is 35.5. The maximum atomic E-state index is 13.2. The van der Waals surface area contributed by atoms with Gasteiger partial charge < -0.3 is 5.32 Å². The predicted molar refractivity (Wildman–Crippen MR) is 129 cm³/mol. The normalized spacial score (nSPS) is 15.1. The molecule has 0 aliphatic carbocycles. The van der Waals surface area contributed by atoms with Gasteiger partial charge in [0.25, 0.3) is 0 Å². The summed E-state index contributed by atoms with van der Waals surface area (Å²) < 4.78 is 13.2. The van der Waals surface area contributed by atoms with Crippen LogP contribution < -0.4 is 5.32 Å². The Kier molecular flexibility index (Phi) is 7.20. The van der Waals surface area contributed by atoms with Gasteiger partial charge in [0, 0.05) is 48.7 Å². The van der Waals surface area contributed by atoms with E-state index >= 15 is 0 Å². The average molecular weight is 473 g/mol. The van der Waals surface area contributed by atoms with Crippen molar-refractivity contribution in [3.05, 3.63) is 69.3 Å². The third-order valence-electron chi connectivity index (χ3n) is 5.79. The number of aryl methyl sites for hydroxylation is 2. The first kappa shape index (κ1) is 22.9. The maximum Gasteiger partial charge on any atom is 0.240 e. The van der Waals surface area contributed by atoms with Gasteiger partial charge in [-0.15, -0.1) is 11.3 Å². The van der Waals surface area contributed by atoms with E-state index in [1.165, 1.54) is 34.6 Å². The highest BCUT2D eigenvalue weighted by Gasteiger charge is 2.20. The SMILES string of the molecule is Cc1ccc(-c2csc(NC(=O)CN3CCN(Cc4ccc(F)cc4Cl)CC3)n2)cc1C. The summed E-state index contributed by atoms with van der Waals surface area (Å²) in [5.74, 6) is -0.378.